The first kappa shape index (κ1) is 10.3. The number of hydrogen-bond acceptors (Lipinski definition) is 5. The van der Waals surface area contributed by atoms with Crippen LogP contribution in [0.5, 0.6) is 0 Å². The lowest BCUT2D eigenvalue weighted by atomic mass is 10.0. The van der Waals surface area contributed by atoms with Gasteiger partial charge in [-0.3, -0.25) is 9.69 Å². The van der Waals surface area contributed by atoms with Crippen LogP contribution < -0.4 is 5.73 Å². The third-order valence-corrected chi connectivity index (χ3v) is 3.34. The molecule has 0 aromatic carbocycles. The van der Waals surface area contributed by atoms with Gasteiger partial charge in [-0.05, 0) is 0 Å². The van der Waals surface area contributed by atoms with Crippen molar-refractivity contribution in [1.82, 2.24) is 14.8 Å². The molecule has 3 rings (SSSR count). The highest BCUT2D eigenvalue weighted by molar-refractivity contribution is 5.85. The first-order valence-corrected chi connectivity index (χ1v) is 5.57. The number of amides is 1. The van der Waals surface area contributed by atoms with E-state index in [1.54, 1.807) is 11.1 Å². The largest absolute Gasteiger partial charge is 0.446 e. The summed E-state index contributed by atoms with van der Waals surface area (Å²) in [5, 5.41) is 0. The maximum absolute atomic E-state index is 11.8. The van der Waals surface area contributed by atoms with Gasteiger partial charge in [0, 0.05) is 25.7 Å². The van der Waals surface area contributed by atoms with Crippen molar-refractivity contribution < 1.29 is 9.21 Å². The lowest BCUT2D eigenvalue weighted by molar-refractivity contribution is -0.126. The van der Waals surface area contributed by atoms with E-state index in [-0.39, 0.29) is 11.9 Å². The number of hydrogen-bond donors (Lipinski definition) is 1. The molecule has 2 aliphatic rings. The van der Waals surface area contributed by atoms with Crippen molar-refractivity contribution in [2.45, 2.75) is 12.5 Å². The molecule has 0 saturated carbocycles. The number of nitrogens with zero attached hydrogens (tertiary/aromatic N) is 3. The van der Waals surface area contributed by atoms with E-state index in [9.17, 15) is 4.79 Å². The van der Waals surface area contributed by atoms with Gasteiger partial charge in [0.1, 0.15) is 11.6 Å². The molecule has 1 atom stereocenters. The Morgan fingerprint density at radius 3 is 3.06 bits per heavy atom. The second-order valence-corrected chi connectivity index (χ2v) is 4.37. The molecule has 1 saturated heterocycles. The highest BCUT2D eigenvalue weighted by Crippen LogP contribution is 2.36. The highest BCUT2D eigenvalue weighted by Gasteiger charge is 2.39. The highest BCUT2D eigenvalue weighted by atomic mass is 16.3. The van der Waals surface area contributed by atoms with Gasteiger partial charge in [0.2, 0.25) is 5.91 Å². The van der Waals surface area contributed by atoms with E-state index in [1.807, 2.05) is 7.05 Å². The predicted octanol–water partition coefficient (Wildman–Crippen LogP) is 0.0637. The van der Waals surface area contributed by atoms with Crippen LogP contribution in [0.4, 0.5) is 0 Å². The Morgan fingerprint density at radius 1 is 1.53 bits per heavy atom. The number of rotatable bonds is 2. The van der Waals surface area contributed by atoms with Crippen LogP contribution in [0.15, 0.2) is 28.4 Å². The first-order valence-electron chi connectivity index (χ1n) is 5.57. The molecule has 0 aliphatic carbocycles. The maximum Gasteiger partial charge on any atom is 0.232 e. The summed E-state index contributed by atoms with van der Waals surface area (Å²) in [6.45, 7) is 1.60. The van der Waals surface area contributed by atoms with Crippen molar-refractivity contribution in [3.63, 3.8) is 0 Å². The van der Waals surface area contributed by atoms with Gasteiger partial charge >= 0.3 is 0 Å². The van der Waals surface area contributed by atoms with Gasteiger partial charge in [0.15, 0.2) is 6.39 Å². The van der Waals surface area contributed by atoms with Gasteiger partial charge < -0.3 is 15.1 Å². The third-order valence-electron chi connectivity index (χ3n) is 3.34. The average Bonchev–Trinajstić information content (AvgIpc) is 2.98. The molecular weight excluding hydrogens is 220 g/mol. The second-order valence-electron chi connectivity index (χ2n) is 4.37. The fourth-order valence-corrected chi connectivity index (χ4v) is 2.47. The van der Waals surface area contributed by atoms with Gasteiger partial charge in [-0.15, -0.1) is 0 Å². The quantitative estimate of drug-likeness (QED) is 0.783. The smallest absolute Gasteiger partial charge is 0.232 e. The zero-order valence-electron chi connectivity index (χ0n) is 9.59. The molecule has 3 heterocycles. The normalized spacial score (nSPS) is 21.4. The zero-order valence-corrected chi connectivity index (χ0v) is 9.59. The molecule has 0 radical (unpaired) electrons. The van der Waals surface area contributed by atoms with E-state index >= 15 is 0 Å². The van der Waals surface area contributed by atoms with E-state index in [0.717, 1.165) is 24.5 Å². The van der Waals surface area contributed by atoms with E-state index in [2.05, 4.69) is 9.88 Å². The van der Waals surface area contributed by atoms with Crippen LogP contribution in [0.2, 0.25) is 0 Å². The minimum absolute atomic E-state index is 0.120. The summed E-state index contributed by atoms with van der Waals surface area (Å²) in [6.07, 6.45) is 3.33. The van der Waals surface area contributed by atoms with Crippen LogP contribution in [0.25, 0.3) is 0 Å². The summed E-state index contributed by atoms with van der Waals surface area (Å²) in [4.78, 5) is 19.6. The molecule has 1 aromatic heterocycles. The monoisotopic (exact) mass is 234 g/mol. The number of carbonyl (C=O) groups is 1. The average molecular weight is 234 g/mol. The molecular formula is C11H14N4O2. The van der Waals surface area contributed by atoms with Crippen molar-refractivity contribution in [3.05, 3.63) is 29.7 Å². The first-order chi connectivity index (χ1) is 8.18. The standard InChI is InChI=1S/C11H14N4O2/c1-14-2-3-15-9(16)4-7(11(14)15)10(12)8-5-13-6-17-8/h5-6,10H,2-4,12H2,1H3. The number of likely N-dealkylation sites (N-methyl/N-ethyl adjacent to an activating group) is 1. The van der Waals surface area contributed by atoms with E-state index in [1.165, 1.54) is 6.39 Å². The zero-order chi connectivity index (χ0) is 12.0. The van der Waals surface area contributed by atoms with Gasteiger partial charge in [-0.2, -0.15) is 0 Å². The summed E-state index contributed by atoms with van der Waals surface area (Å²) >= 11 is 0. The Hall–Kier alpha value is -1.82. The Bertz CT molecular complexity index is 480. The van der Waals surface area contributed by atoms with Crippen LogP contribution in [-0.2, 0) is 4.79 Å². The molecule has 17 heavy (non-hydrogen) atoms. The molecule has 0 spiro atoms. The molecule has 2 N–H and O–H groups in total. The summed E-state index contributed by atoms with van der Waals surface area (Å²) in [6, 6.07) is -0.387. The Labute approximate surface area is 98.7 Å². The summed E-state index contributed by atoms with van der Waals surface area (Å²) < 4.78 is 5.21. The second kappa shape index (κ2) is 3.59. The summed E-state index contributed by atoms with van der Waals surface area (Å²) in [7, 11) is 1.97. The van der Waals surface area contributed by atoms with Crippen LogP contribution in [0, 0.1) is 0 Å². The SMILES string of the molecule is CN1CCN2C(=O)CC(C(N)c3cnco3)=C12. The third kappa shape index (κ3) is 1.44. The lowest BCUT2D eigenvalue weighted by Crippen LogP contribution is -2.22. The van der Waals surface area contributed by atoms with Crippen LogP contribution >= 0.6 is 0 Å². The molecule has 90 valence electrons. The summed E-state index contributed by atoms with van der Waals surface area (Å²) in [5.41, 5.74) is 7.05. The van der Waals surface area contributed by atoms with Crippen molar-refractivity contribution >= 4 is 5.91 Å². The van der Waals surface area contributed by atoms with E-state index < -0.39 is 0 Å². The molecule has 6 heteroatoms. The van der Waals surface area contributed by atoms with E-state index in [4.69, 9.17) is 10.2 Å². The van der Waals surface area contributed by atoms with Crippen LogP contribution in [0.3, 0.4) is 0 Å². The Kier molecular flexibility index (Phi) is 2.19. The van der Waals surface area contributed by atoms with Crippen LogP contribution in [-0.4, -0.2) is 40.8 Å². The van der Waals surface area contributed by atoms with E-state index in [0.29, 0.717) is 12.2 Å². The minimum atomic E-state index is -0.387. The van der Waals surface area contributed by atoms with Gasteiger partial charge in [-0.25, -0.2) is 4.98 Å². The van der Waals surface area contributed by atoms with Crippen LogP contribution in [0.1, 0.15) is 18.2 Å². The predicted molar refractivity (Wildman–Crippen MR) is 59.4 cm³/mol. The van der Waals surface area contributed by atoms with Gasteiger partial charge in [0.05, 0.1) is 18.7 Å². The topological polar surface area (TPSA) is 75.6 Å². The van der Waals surface area contributed by atoms with Gasteiger partial charge in [-0.1, -0.05) is 0 Å². The Morgan fingerprint density at radius 2 is 2.35 bits per heavy atom. The molecule has 2 aliphatic heterocycles. The number of oxazole rings is 1. The van der Waals surface area contributed by atoms with Crippen molar-refractivity contribution in [1.29, 1.82) is 0 Å². The number of nitrogens with two attached hydrogens (primary N) is 1. The molecule has 0 bridgehead atoms. The molecule has 1 unspecified atom stereocenters. The molecule has 1 aromatic rings. The minimum Gasteiger partial charge on any atom is -0.446 e. The fourth-order valence-electron chi connectivity index (χ4n) is 2.47. The lowest BCUT2D eigenvalue weighted by Gasteiger charge is -2.18. The van der Waals surface area contributed by atoms with Crippen molar-refractivity contribution in [3.8, 4) is 0 Å². The van der Waals surface area contributed by atoms with Gasteiger partial charge in [0.25, 0.3) is 0 Å². The summed E-state index contributed by atoms with van der Waals surface area (Å²) in [5.74, 6) is 1.66. The maximum atomic E-state index is 11.8. The molecule has 1 fully saturated rings. The number of aromatic nitrogens is 1. The number of fused-ring (bicyclic) bond motifs is 1. The fraction of sp³-hybridized carbons (Fsp3) is 0.455. The molecule has 6 nitrogen and oxygen atoms in total. The number of carbonyl (C=O) groups excluding carboxylic acids is 1. The van der Waals surface area contributed by atoms with Crippen molar-refractivity contribution in [2.24, 2.45) is 5.73 Å². The van der Waals surface area contributed by atoms with Crippen molar-refractivity contribution in [2.75, 3.05) is 20.1 Å². The Balaban J connectivity index is 1.99. The molecule has 1 amide bonds.